The Morgan fingerprint density at radius 2 is 2.22 bits per heavy atom. The van der Waals surface area contributed by atoms with Crippen molar-refractivity contribution in [2.75, 3.05) is 25.0 Å². The molecular formula is C15H25N3. The molecule has 3 heteroatoms. The summed E-state index contributed by atoms with van der Waals surface area (Å²) in [5, 5.41) is 3.41. The van der Waals surface area contributed by atoms with Crippen LogP contribution in [0.2, 0.25) is 0 Å². The molecule has 1 N–H and O–H groups in total. The number of likely N-dealkylation sites (N-methyl/N-ethyl adjacent to an activating group) is 1. The lowest BCUT2D eigenvalue weighted by Gasteiger charge is -2.19. The summed E-state index contributed by atoms with van der Waals surface area (Å²) in [5.41, 5.74) is 3.44. The van der Waals surface area contributed by atoms with Gasteiger partial charge in [-0.05, 0) is 31.5 Å². The van der Waals surface area contributed by atoms with Gasteiger partial charge in [-0.1, -0.05) is 26.0 Å². The van der Waals surface area contributed by atoms with E-state index in [1.165, 1.54) is 5.69 Å². The molecule has 0 aliphatic heterocycles. The minimum Gasteiger partial charge on any atom is -0.371 e. The first-order valence-electron chi connectivity index (χ1n) is 6.50. The Morgan fingerprint density at radius 3 is 2.83 bits per heavy atom. The fourth-order valence-electron chi connectivity index (χ4n) is 1.78. The molecule has 0 aliphatic carbocycles. The Labute approximate surface area is 111 Å². The monoisotopic (exact) mass is 247 g/mol. The van der Waals surface area contributed by atoms with Gasteiger partial charge in [0.05, 0.1) is 5.69 Å². The van der Waals surface area contributed by atoms with Crippen LogP contribution in [-0.2, 0) is 6.54 Å². The van der Waals surface area contributed by atoms with E-state index in [4.69, 9.17) is 0 Å². The zero-order valence-corrected chi connectivity index (χ0v) is 12.0. The van der Waals surface area contributed by atoms with Gasteiger partial charge in [0.1, 0.15) is 0 Å². The number of nitrogens with one attached hydrogen (secondary N) is 1. The fraction of sp³-hybridized carbons (Fsp3) is 0.533. The first kappa shape index (κ1) is 14.7. The number of rotatable bonds is 7. The zero-order chi connectivity index (χ0) is 13.5. The van der Waals surface area contributed by atoms with Gasteiger partial charge in [-0.3, -0.25) is 4.98 Å². The minimum atomic E-state index is 0.666. The van der Waals surface area contributed by atoms with E-state index in [9.17, 15) is 0 Å². The molecule has 0 atom stereocenters. The lowest BCUT2D eigenvalue weighted by Crippen LogP contribution is -2.21. The first-order valence-corrected chi connectivity index (χ1v) is 6.50. The maximum atomic E-state index is 4.39. The van der Waals surface area contributed by atoms with Crippen molar-refractivity contribution in [2.24, 2.45) is 5.92 Å². The topological polar surface area (TPSA) is 28.2 Å². The van der Waals surface area contributed by atoms with E-state index in [1.807, 2.05) is 19.2 Å². The standard InChI is InChI=1S/C15H25N3/c1-12(2)9-16-10-14-8-15(6-7-17-14)18(5)11-13(3)4/h6-8,12,16H,3,9-11H2,1-2,4-5H3. The molecule has 0 saturated heterocycles. The molecule has 1 aromatic heterocycles. The average molecular weight is 247 g/mol. The molecule has 0 aromatic carbocycles. The Balaban J connectivity index is 2.58. The number of aromatic nitrogens is 1. The normalized spacial score (nSPS) is 10.7. The van der Waals surface area contributed by atoms with E-state index in [0.29, 0.717) is 5.92 Å². The molecule has 0 bridgehead atoms. The summed E-state index contributed by atoms with van der Waals surface area (Å²) in [6.07, 6.45) is 1.87. The maximum absolute atomic E-state index is 4.39. The third-order valence-corrected chi connectivity index (χ3v) is 2.61. The highest BCUT2D eigenvalue weighted by atomic mass is 15.1. The lowest BCUT2D eigenvalue weighted by molar-refractivity contribution is 0.548. The first-order chi connectivity index (χ1) is 8.49. The molecule has 0 unspecified atom stereocenters. The van der Waals surface area contributed by atoms with Crippen LogP contribution in [-0.4, -0.2) is 25.1 Å². The van der Waals surface area contributed by atoms with Gasteiger partial charge in [0.2, 0.25) is 0 Å². The van der Waals surface area contributed by atoms with E-state index in [0.717, 1.165) is 30.9 Å². The Morgan fingerprint density at radius 1 is 1.50 bits per heavy atom. The molecule has 0 amide bonds. The number of anilines is 1. The van der Waals surface area contributed by atoms with Crippen LogP contribution in [0.3, 0.4) is 0 Å². The summed E-state index contributed by atoms with van der Waals surface area (Å²) in [5.74, 6) is 0.666. The van der Waals surface area contributed by atoms with Gasteiger partial charge in [0.15, 0.2) is 0 Å². The number of nitrogens with zero attached hydrogens (tertiary/aromatic N) is 2. The van der Waals surface area contributed by atoms with Crippen LogP contribution in [0.1, 0.15) is 26.5 Å². The molecule has 0 saturated carbocycles. The Kier molecular flexibility index (Phi) is 5.86. The summed E-state index contributed by atoms with van der Waals surface area (Å²) in [7, 11) is 2.08. The predicted octanol–water partition coefficient (Wildman–Crippen LogP) is 2.84. The molecule has 1 aromatic rings. The Bertz CT molecular complexity index is 385. The van der Waals surface area contributed by atoms with Crippen molar-refractivity contribution in [1.82, 2.24) is 10.3 Å². The number of hydrogen-bond donors (Lipinski definition) is 1. The molecule has 18 heavy (non-hydrogen) atoms. The van der Waals surface area contributed by atoms with E-state index in [1.54, 1.807) is 0 Å². The molecular weight excluding hydrogens is 222 g/mol. The second-order valence-corrected chi connectivity index (χ2v) is 5.34. The van der Waals surface area contributed by atoms with Gasteiger partial charge < -0.3 is 10.2 Å². The highest BCUT2D eigenvalue weighted by molar-refractivity contribution is 5.46. The van der Waals surface area contributed by atoms with Crippen LogP contribution in [0, 0.1) is 5.92 Å². The smallest absolute Gasteiger partial charge is 0.0562 e. The van der Waals surface area contributed by atoms with Crippen LogP contribution < -0.4 is 10.2 Å². The molecule has 0 spiro atoms. The van der Waals surface area contributed by atoms with E-state index in [2.05, 4.69) is 48.7 Å². The van der Waals surface area contributed by atoms with Crippen LogP contribution in [0.25, 0.3) is 0 Å². The van der Waals surface area contributed by atoms with Crippen molar-refractivity contribution in [3.05, 3.63) is 36.2 Å². The number of pyridine rings is 1. The molecule has 1 rings (SSSR count). The second-order valence-electron chi connectivity index (χ2n) is 5.34. The van der Waals surface area contributed by atoms with Crippen molar-refractivity contribution in [2.45, 2.75) is 27.3 Å². The summed E-state index contributed by atoms with van der Waals surface area (Å²) in [6, 6.07) is 4.17. The second kappa shape index (κ2) is 7.17. The molecule has 100 valence electrons. The van der Waals surface area contributed by atoms with Crippen LogP contribution in [0.5, 0.6) is 0 Å². The van der Waals surface area contributed by atoms with Crippen molar-refractivity contribution >= 4 is 5.69 Å². The predicted molar refractivity (Wildman–Crippen MR) is 78.9 cm³/mol. The van der Waals surface area contributed by atoms with Gasteiger partial charge in [-0.15, -0.1) is 0 Å². The molecule has 0 fully saturated rings. The maximum Gasteiger partial charge on any atom is 0.0562 e. The SMILES string of the molecule is C=C(C)CN(C)c1ccnc(CNCC(C)C)c1. The van der Waals surface area contributed by atoms with Crippen LogP contribution in [0.15, 0.2) is 30.5 Å². The third-order valence-electron chi connectivity index (χ3n) is 2.61. The third kappa shape index (κ3) is 5.32. The highest BCUT2D eigenvalue weighted by Crippen LogP contribution is 2.13. The van der Waals surface area contributed by atoms with Crippen LogP contribution in [0.4, 0.5) is 5.69 Å². The summed E-state index contributed by atoms with van der Waals surface area (Å²) >= 11 is 0. The van der Waals surface area contributed by atoms with Gasteiger partial charge in [0, 0.05) is 32.0 Å². The van der Waals surface area contributed by atoms with Gasteiger partial charge >= 0.3 is 0 Å². The minimum absolute atomic E-state index is 0.666. The largest absolute Gasteiger partial charge is 0.371 e. The van der Waals surface area contributed by atoms with Gasteiger partial charge in [-0.25, -0.2) is 0 Å². The summed E-state index contributed by atoms with van der Waals surface area (Å²) in [6.45, 7) is 13.1. The average Bonchev–Trinajstić information content (AvgIpc) is 2.28. The van der Waals surface area contributed by atoms with Gasteiger partial charge in [-0.2, -0.15) is 0 Å². The van der Waals surface area contributed by atoms with Crippen molar-refractivity contribution in [3.63, 3.8) is 0 Å². The van der Waals surface area contributed by atoms with Crippen LogP contribution >= 0.6 is 0 Å². The van der Waals surface area contributed by atoms with E-state index in [-0.39, 0.29) is 0 Å². The lowest BCUT2D eigenvalue weighted by atomic mass is 10.2. The molecule has 1 heterocycles. The highest BCUT2D eigenvalue weighted by Gasteiger charge is 2.03. The molecule has 0 radical (unpaired) electrons. The summed E-state index contributed by atoms with van der Waals surface area (Å²) in [4.78, 5) is 6.58. The fourth-order valence-corrected chi connectivity index (χ4v) is 1.78. The zero-order valence-electron chi connectivity index (χ0n) is 12.0. The van der Waals surface area contributed by atoms with E-state index < -0.39 is 0 Å². The van der Waals surface area contributed by atoms with Crippen molar-refractivity contribution in [3.8, 4) is 0 Å². The number of hydrogen-bond acceptors (Lipinski definition) is 3. The van der Waals surface area contributed by atoms with Crippen molar-refractivity contribution < 1.29 is 0 Å². The quantitative estimate of drug-likeness (QED) is 0.751. The molecule has 0 aliphatic rings. The Hall–Kier alpha value is -1.35. The van der Waals surface area contributed by atoms with Gasteiger partial charge in [0.25, 0.3) is 0 Å². The molecule has 3 nitrogen and oxygen atoms in total. The van der Waals surface area contributed by atoms with E-state index >= 15 is 0 Å². The van der Waals surface area contributed by atoms with Crippen molar-refractivity contribution in [1.29, 1.82) is 0 Å². The summed E-state index contributed by atoms with van der Waals surface area (Å²) < 4.78 is 0.